The lowest BCUT2D eigenvalue weighted by atomic mass is 10.0. The predicted octanol–water partition coefficient (Wildman–Crippen LogP) is 3.11. The number of hydrogen-bond acceptors (Lipinski definition) is 8. The highest BCUT2D eigenvalue weighted by molar-refractivity contribution is 7.81. The summed E-state index contributed by atoms with van der Waals surface area (Å²) in [6, 6.07) is 11.1. The molecule has 5 rings (SSSR count). The molecule has 2 N–H and O–H groups in total. The topological polar surface area (TPSA) is 106 Å². The second-order valence-electron chi connectivity index (χ2n) is 6.37. The number of benzene rings is 2. The first-order valence-corrected chi connectivity index (χ1v) is 8.95. The molecule has 0 radical (unpaired) electrons. The summed E-state index contributed by atoms with van der Waals surface area (Å²) < 4.78 is 5.90. The van der Waals surface area contributed by atoms with E-state index < -0.39 is 11.2 Å². The molecule has 28 heavy (non-hydrogen) atoms. The van der Waals surface area contributed by atoms with E-state index in [4.69, 9.17) is 29.7 Å². The maximum Gasteiger partial charge on any atom is 0.239 e. The van der Waals surface area contributed by atoms with E-state index in [1.807, 2.05) is 24.3 Å². The molecule has 1 amide bonds. The molecule has 0 bridgehead atoms. The number of nitrogens with two attached hydrogens (primary N) is 1. The second-order valence-corrected chi connectivity index (χ2v) is 6.89. The van der Waals surface area contributed by atoms with Crippen molar-refractivity contribution in [3.05, 3.63) is 53.4 Å². The highest BCUT2D eigenvalue weighted by atomic mass is 32.1. The Morgan fingerprint density at radius 2 is 1.61 bits per heavy atom. The summed E-state index contributed by atoms with van der Waals surface area (Å²) in [4.78, 5) is 36.4. The Labute approximate surface area is 164 Å². The van der Waals surface area contributed by atoms with Crippen LogP contribution in [0.1, 0.15) is 22.3 Å². The van der Waals surface area contributed by atoms with Gasteiger partial charge in [-0.05, 0) is 12.1 Å². The zero-order valence-electron chi connectivity index (χ0n) is 14.4. The molecular weight excluding hydrogens is 384 g/mol. The van der Waals surface area contributed by atoms with Gasteiger partial charge in [-0.3, -0.25) is 4.79 Å². The number of nitrogens with zero attached hydrogens (tertiary/aromatic N) is 1. The van der Waals surface area contributed by atoms with Crippen molar-refractivity contribution in [3.63, 3.8) is 0 Å². The molecule has 8 nitrogen and oxygen atoms in total. The second kappa shape index (κ2) is 6.55. The number of amides is 1. The number of aromatic nitrogens is 1. The Morgan fingerprint density at radius 3 is 2.25 bits per heavy atom. The van der Waals surface area contributed by atoms with E-state index >= 15 is 0 Å². The Morgan fingerprint density at radius 1 is 1.00 bits per heavy atom. The van der Waals surface area contributed by atoms with Gasteiger partial charge in [-0.2, -0.15) is 22.4 Å². The molecule has 0 saturated heterocycles. The summed E-state index contributed by atoms with van der Waals surface area (Å²) in [6.45, 7) is 0.766. The van der Waals surface area contributed by atoms with Gasteiger partial charge >= 0.3 is 0 Å². The zero-order chi connectivity index (χ0) is 19.3. The summed E-state index contributed by atoms with van der Waals surface area (Å²) >= 11 is 4.21. The number of rotatable bonds is 4. The van der Waals surface area contributed by atoms with E-state index in [0.29, 0.717) is 41.7 Å². The standard InChI is InChI=1S/C19H14N2O6S/c20-18(22)17(28)19-21-15(9-1-3-11-7-23-26-13(11)5-9)16(25-19)10-2-4-12-8-24-27-14(12)6-10/h1-6,17,28H,7-8H2,(H2,20,22). The lowest BCUT2D eigenvalue weighted by molar-refractivity contribution is -0.194. The zero-order valence-corrected chi connectivity index (χ0v) is 15.3. The number of oxazole rings is 1. The fourth-order valence-electron chi connectivity index (χ4n) is 3.07. The molecule has 0 fully saturated rings. The average Bonchev–Trinajstić information content (AvgIpc) is 3.44. The summed E-state index contributed by atoms with van der Waals surface area (Å²) in [5.74, 6) is 1.11. The molecule has 1 atom stereocenters. The molecule has 0 aliphatic carbocycles. The molecule has 2 aliphatic rings. The molecular formula is C19H14N2O6S. The van der Waals surface area contributed by atoms with Crippen LogP contribution < -0.4 is 15.5 Å². The molecule has 0 spiro atoms. The maximum atomic E-state index is 11.6. The Balaban J connectivity index is 1.66. The van der Waals surface area contributed by atoms with Gasteiger partial charge in [0, 0.05) is 22.3 Å². The van der Waals surface area contributed by atoms with E-state index in [9.17, 15) is 4.79 Å². The monoisotopic (exact) mass is 398 g/mol. The van der Waals surface area contributed by atoms with Gasteiger partial charge in [-0.1, -0.05) is 24.3 Å². The first-order valence-electron chi connectivity index (χ1n) is 8.44. The van der Waals surface area contributed by atoms with Gasteiger partial charge in [0.1, 0.15) is 18.9 Å². The van der Waals surface area contributed by atoms with Crippen molar-refractivity contribution in [1.82, 2.24) is 4.98 Å². The number of carbonyl (C=O) groups excluding carboxylic acids is 1. The number of hydrogen-bond donors (Lipinski definition) is 2. The molecule has 2 aliphatic heterocycles. The van der Waals surface area contributed by atoms with Crippen molar-refractivity contribution in [2.45, 2.75) is 18.5 Å². The fraction of sp³-hybridized carbons (Fsp3) is 0.158. The smallest absolute Gasteiger partial charge is 0.239 e. The first-order chi connectivity index (χ1) is 13.6. The van der Waals surface area contributed by atoms with Gasteiger partial charge in [0.25, 0.3) is 0 Å². The van der Waals surface area contributed by atoms with E-state index in [1.54, 1.807) is 12.1 Å². The molecule has 2 aromatic carbocycles. The van der Waals surface area contributed by atoms with Crippen molar-refractivity contribution in [2.24, 2.45) is 5.73 Å². The average molecular weight is 398 g/mol. The predicted molar refractivity (Wildman–Crippen MR) is 99.1 cm³/mol. The minimum Gasteiger partial charge on any atom is -0.438 e. The van der Waals surface area contributed by atoms with Gasteiger partial charge in [0.15, 0.2) is 22.5 Å². The van der Waals surface area contributed by atoms with Crippen molar-refractivity contribution in [1.29, 1.82) is 0 Å². The quantitative estimate of drug-likeness (QED) is 0.514. The van der Waals surface area contributed by atoms with Gasteiger partial charge in [0.05, 0.1) is 0 Å². The Kier molecular flexibility index (Phi) is 4.00. The van der Waals surface area contributed by atoms with Crippen molar-refractivity contribution >= 4 is 18.5 Å². The van der Waals surface area contributed by atoms with E-state index in [2.05, 4.69) is 17.6 Å². The normalized spacial score (nSPS) is 15.5. The molecule has 3 aromatic rings. The Hall–Kier alpha value is -3.01. The van der Waals surface area contributed by atoms with Crippen LogP contribution in [0.25, 0.3) is 22.6 Å². The lowest BCUT2D eigenvalue weighted by Crippen LogP contribution is -2.17. The minimum absolute atomic E-state index is 0.108. The first kappa shape index (κ1) is 17.1. The van der Waals surface area contributed by atoms with Crippen molar-refractivity contribution < 1.29 is 28.8 Å². The summed E-state index contributed by atoms with van der Waals surface area (Å²) in [5, 5.41) is -0.976. The van der Waals surface area contributed by atoms with Crippen LogP contribution in [0.2, 0.25) is 0 Å². The summed E-state index contributed by atoms with van der Waals surface area (Å²) in [7, 11) is 0. The molecule has 9 heteroatoms. The van der Waals surface area contributed by atoms with Crippen molar-refractivity contribution in [2.75, 3.05) is 0 Å². The van der Waals surface area contributed by atoms with Gasteiger partial charge < -0.3 is 19.9 Å². The van der Waals surface area contributed by atoms with Crippen LogP contribution in [-0.4, -0.2) is 10.9 Å². The third-order valence-corrected chi connectivity index (χ3v) is 5.02. The van der Waals surface area contributed by atoms with Gasteiger partial charge in [-0.15, -0.1) is 0 Å². The van der Waals surface area contributed by atoms with E-state index in [-0.39, 0.29) is 5.89 Å². The van der Waals surface area contributed by atoms with Crippen LogP contribution in [0.3, 0.4) is 0 Å². The Bertz CT molecular complexity index is 1020. The van der Waals surface area contributed by atoms with Crippen LogP contribution >= 0.6 is 12.6 Å². The van der Waals surface area contributed by atoms with Crippen LogP contribution in [0.15, 0.2) is 40.8 Å². The largest absolute Gasteiger partial charge is 0.438 e. The molecule has 1 aromatic heterocycles. The van der Waals surface area contributed by atoms with Crippen LogP contribution in [0, 0.1) is 0 Å². The molecule has 0 saturated carbocycles. The number of carbonyl (C=O) groups is 1. The molecule has 142 valence electrons. The van der Waals surface area contributed by atoms with Gasteiger partial charge in [0.2, 0.25) is 11.8 Å². The van der Waals surface area contributed by atoms with Gasteiger partial charge in [-0.25, -0.2) is 4.98 Å². The van der Waals surface area contributed by atoms with E-state index in [0.717, 1.165) is 16.7 Å². The summed E-state index contributed by atoms with van der Waals surface area (Å²) in [6.07, 6.45) is 0. The maximum absolute atomic E-state index is 11.6. The van der Waals surface area contributed by atoms with Crippen molar-refractivity contribution in [3.8, 4) is 34.1 Å². The highest BCUT2D eigenvalue weighted by Gasteiger charge is 2.26. The third-order valence-electron chi connectivity index (χ3n) is 4.54. The van der Waals surface area contributed by atoms with E-state index in [1.165, 1.54) is 0 Å². The highest BCUT2D eigenvalue weighted by Crippen LogP contribution is 2.40. The van der Waals surface area contributed by atoms with Crippen LogP contribution in [-0.2, 0) is 27.8 Å². The molecule has 3 heterocycles. The lowest BCUT2D eigenvalue weighted by Gasteiger charge is -2.04. The SMILES string of the molecule is NC(=O)C(S)c1nc(-c2ccc3c(c2)OOC3)c(-c2ccc3c(c2)OOC3)o1. The minimum atomic E-state index is -0.976. The van der Waals surface area contributed by atoms with Crippen LogP contribution in [0.4, 0.5) is 0 Å². The number of thiol groups is 1. The number of primary amides is 1. The molecule has 1 unspecified atom stereocenters. The number of fused-ring (bicyclic) bond motifs is 2. The summed E-state index contributed by atoms with van der Waals surface area (Å²) in [5.41, 5.74) is 9.19. The third kappa shape index (κ3) is 2.80. The fourth-order valence-corrected chi connectivity index (χ4v) is 3.18. The van der Waals surface area contributed by atoms with Crippen LogP contribution in [0.5, 0.6) is 11.5 Å².